The average molecular weight is 412 g/mol. The normalized spacial score (nSPS) is 14.1. The monoisotopic (exact) mass is 411 g/mol. The fourth-order valence-corrected chi connectivity index (χ4v) is 3.67. The van der Waals surface area contributed by atoms with Gasteiger partial charge in [0.25, 0.3) is 6.43 Å². The van der Waals surface area contributed by atoms with E-state index in [-0.39, 0.29) is 22.8 Å². The van der Waals surface area contributed by atoms with Gasteiger partial charge in [-0.3, -0.25) is 4.99 Å². The first-order chi connectivity index (χ1) is 12.9. The Hall–Kier alpha value is -1.56. The molecule has 1 aromatic heterocycles. The molecule has 1 N–H and O–H groups in total. The predicted molar refractivity (Wildman–Crippen MR) is 117 cm³/mol. The number of hydrogen-bond donors (Lipinski definition) is 1. The minimum atomic E-state index is -2.50. The van der Waals surface area contributed by atoms with Crippen molar-refractivity contribution in [3.63, 3.8) is 0 Å². The van der Waals surface area contributed by atoms with E-state index in [1.54, 1.807) is 32.2 Å². The van der Waals surface area contributed by atoms with Crippen LogP contribution in [0.25, 0.3) is 0 Å². The second-order valence-electron chi connectivity index (χ2n) is 8.64. The molecule has 1 heterocycles. The topological polar surface area (TPSA) is 37.3 Å². The predicted octanol–water partition coefficient (Wildman–Crippen LogP) is 6.38. The molecular formula is C22H35F2N3S. The molecule has 0 aliphatic carbocycles. The Morgan fingerprint density at radius 2 is 1.82 bits per heavy atom. The van der Waals surface area contributed by atoms with Crippen molar-refractivity contribution in [2.24, 2.45) is 16.8 Å². The zero-order chi connectivity index (χ0) is 21.6. The summed E-state index contributed by atoms with van der Waals surface area (Å²) >= 11 is 1.64. The highest BCUT2D eigenvalue weighted by atomic mass is 32.1. The summed E-state index contributed by atoms with van der Waals surface area (Å²) in [6.45, 7) is 18.5. The summed E-state index contributed by atoms with van der Waals surface area (Å²) in [4.78, 5) is 10.2. The molecule has 0 amide bonds. The van der Waals surface area contributed by atoms with E-state index in [0.717, 1.165) is 15.5 Å². The Labute approximate surface area is 173 Å². The molecule has 0 aromatic carbocycles. The lowest BCUT2D eigenvalue weighted by Crippen LogP contribution is -2.22. The van der Waals surface area contributed by atoms with E-state index >= 15 is 0 Å². The van der Waals surface area contributed by atoms with Crippen LogP contribution in [0.4, 0.5) is 8.78 Å². The van der Waals surface area contributed by atoms with Gasteiger partial charge in [-0.2, -0.15) is 0 Å². The number of aliphatic imine (C=N–C) groups is 1. The van der Waals surface area contributed by atoms with Gasteiger partial charge in [0.2, 0.25) is 0 Å². The Balaban J connectivity index is 3.17. The number of allylic oxidation sites excluding steroid dienone is 2. The molecule has 0 aliphatic heterocycles. The number of alkyl halides is 2. The van der Waals surface area contributed by atoms with Gasteiger partial charge in [0.15, 0.2) is 0 Å². The number of thiazole rings is 1. The number of halogens is 2. The molecule has 0 spiro atoms. The van der Waals surface area contributed by atoms with Crippen LogP contribution >= 0.6 is 11.3 Å². The maximum absolute atomic E-state index is 13.8. The summed E-state index contributed by atoms with van der Waals surface area (Å²) in [5.41, 5.74) is 1.54. The first-order valence-electron chi connectivity index (χ1n) is 9.74. The molecule has 0 aliphatic rings. The third-order valence-electron chi connectivity index (χ3n) is 4.54. The molecule has 0 bridgehead atoms. The van der Waals surface area contributed by atoms with Crippen molar-refractivity contribution < 1.29 is 8.78 Å². The smallest absolute Gasteiger partial charge is 0.260 e. The molecule has 0 unspecified atom stereocenters. The van der Waals surface area contributed by atoms with Crippen molar-refractivity contribution in [2.45, 2.75) is 73.3 Å². The zero-order valence-electron chi connectivity index (χ0n) is 18.5. The summed E-state index contributed by atoms with van der Waals surface area (Å²) in [6.07, 6.45) is -0.319. The number of nitrogens with one attached hydrogen (secondary N) is 1. The third kappa shape index (κ3) is 6.80. The number of hydrogen-bond acceptors (Lipinski definition) is 3. The van der Waals surface area contributed by atoms with Crippen LogP contribution in [0, 0.1) is 11.8 Å². The molecule has 0 atom stereocenters. The van der Waals surface area contributed by atoms with Gasteiger partial charge in [0.1, 0.15) is 5.84 Å². The number of nitrogens with zero attached hydrogens (tertiary/aromatic N) is 2. The second kappa shape index (κ2) is 10.3. The first kappa shape index (κ1) is 24.5. The molecule has 0 fully saturated rings. The van der Waals surface area contributed by atoms with Crippen LogP contribution in [0.5, 0.6) is 0 Å². The van der Waals surface area contributed by atoms with Crippen LogP contribution in [0.1, 0.15) is 64.8 Å². The van der Waals surface area contributed by atoms with E-state index in [0.29, 0.717) is 24.4 Å². The van der Waals surface area contributed by atoms with Crippen molar-refractivity contribution in [1.82, 2.24) is 10.3 Å². The van der Waals surface area contributed by atoms with Crippen molar-refractivity contribution in [3.8, 4) is 0 Å². The highest BCUT2D eigenvalue weighted by Crippen LogP contribution is 2.32. The van der Waals surface area contributed by atoms with E-state index < -0.39 is 6.43 Å². The Bertz CT molecular complexity index is 712. The van der Waals surface area contributed by atoms with E-state index in [2.05, 4.69) is 42.6 Å². The van der Waals surface area contributed by atoms with Gasteiger partial charge >= 0.3 is 0 Å². The van der Waals surface area contributed by atoms with Crippen molar-refractivity contribution in [3.05, 3.63) is 39.4 Å². The van der Waals surface area contributed by atoms with E-state index in [9.17, 15) is 8.78 Å². The largest absolute Gasteiger partial charge is 0.377 e. The van der Waals surface area contributed by atoms with Gasteiger partial charge in [-0.15, -0.1) is 11.3 Å². The minimum Gasteiger partial charge on any atom is -0.377 e. The molecular weight excluding hydrogens is 376 g/mol. The van der Waals surface area contributed by atoms with Crippen LogP contribution in [0.2, 0.25) is 0 Å². The van der Waals surface area contributed by atoms with Gasteiger partial charge in [0.05, 0.1) is 11.6 Å². The Kier molecular flexibility index (Phi) is 8.99. The maximum Gasteiger partial charge on any atom is 0.260 e. The molecule has 158 valence electrons. The van der Waals surface area contributed by atoms with Gasteiger partial charge in [-0.25, -0.2) is 13.8 Å². The third-order valence-corrected chi connectivity index (χ3v) is 5.95. The van der Waals surface area contributed by atoms with Gasteiger partial charge in [-0.1, -0.05) is 55.0 Å². The van der Waals surface area contributed by atoms with Gasteiger partial charge < -0.3 is 5.32 Å². The maximum atomic E-state index is 13.8. The number of rotatable bonds is 8. The SMILES string of the molecule is C=C(/C(CC(=NCc1cnc(C(C)(C)C)s1)NC)=C(/C(C)C)C(F)F)C(C)C. The van der Waals surface area contributed by atoms with Gasteiger partial charge in [0, 0.05) is 35.5 Å². The van der Waals surface area contributed by atoms with Crippen LogP contribution in [0.3, 0.4) is 0 Å². The fourth-order valence-electron chi connectivity index (χ4n) is 2.77. The van der Waals surface area contributed by atoms with Crippen LogP contribution in [-0.2, 0) is 12.0 Å². The van der Waals surface area contributed by atoms with E-state index in [4.69, 9.17) is 0 Å². The van der Waals surface area contributed by atoms with Crippen molar-refractivity contribution in [1.29, 1.82) is 0 Å². The van der Waals surface area contributed by atoms with Gasteiger partial charge in [-0.05, 0) is 23.0 Å². The highest BCUT2D eigenvalue weighted by molar-refractivity contribution is 7.11. The van der Waals surface area contributed by atoms with Crippen molar-refractivity contribution in [2.75, 3.05) is 7.05 Å². The Morgan fingerprint density at radius 3 is 2.21 bits per heavy atom. The molecule has 1 aromatic rings. The molecule has 28 heavy (non-hydrogen) atoms. The second-order valence-corrected chi connectivity index (χ2v) is 9.76. The summed E-state index contributed by atoms with van der Waals surface area (Å²) in [5.74, 6) is 0.525. The van der Waals surface area contributed by atoms with Crippen LogP contribution in [0.15, 0.2) is 34.5 Å². The lowest BCUT2D eigenvalue weighted by Gasteiger charge is -2.22. The average Bonchev–Trinajstić information content (AvgIpc) is 3.05. The molecule has 1 rings (SSSR count). The molecule has 6 heteroatoms. The standard InChI is InChI=1S/C22H35F2N3S/c1-13(2)15(5)17(19(14(3)4)20(23)24)10-18(25-9)26-11-16-12-27-21(28-16)22(6,7)8/h12-14,20H,5,10-11H2,1-4,6-9H3,(H,25,26)/b19-17-. The first-order valence-corrected chi connectivity index (χ1v) is 10.6. The van der Waals surface area contributed by atoms with Crippen LogP contribution in [-0.4, -0.2) is 24.3 Å². The molecule has 0 saturated heterocycles. The summed E-state index contributed by atoms with van der Waals surface area (Å²) < 4.78 is 27.6. The van der Waals surface area contributed by atoms with E-state index in [1.165, 1.54) is 0 Å². The molecule has 0 saturated carbocycles. The summed E-state index contributed by atoms with van der Waals surface area (Å²) in [6, 6.07) is 0. The minimum absolute atomic E-state index is 0.00676. The fraction of sp³-hybridized carbons (Fsp3) is 0.636. The zero-order valence-corrected chi connectivity index (χ0v) is 19.3. The molecule has 0 radical (unpaired) electrons. The number of amidine groups is 1. The molecule has 3 nitrogen and oxygen atoms in total. The lowest BCUT2D eigenvalue weighted by molar-refractivity contribution is 0.176. The van der Waals surface area contributed by atoms with Crippen LogP contribution < -0.4 is 5.32 Å². The quantitative estimate of drug-likeness (QED) is 0.306. The Morgan fingerprint density at radius 1 is 1.21 bits per heavy atom. The highest BCUT2D eigenvalue weighted by Gasteiger charge is 2.24. The van der Waals surface area contributed by atoms with E-state index in [1.807, 2.05) is 20.0 Å². The lowest BCUT2D eigenvalue weighted by atomic mass is 9.86. The number of aromatic nitrogens is 1. The van der Waals surface area contributed by atoms with Crippen molar-refractivity contribution >= 4 is 17.2 Å². The summed E-state index contributed by atoms with van der Waals surface area (Å²) in [7, 11) is 1.78. The summed E-state index contributed by atoms with van der Waals surface area (Å²) in [5, 5.41) is 4.15.